The molecule has 8 nitrogen and oxygen atoms in total. The highest BCUT2D eigenvalue weighted by atomic mass is 19.1. The summed E-state index contributed by atoms with van der Waals surface area (Å²) in [6.07, 6.45) is 3.33. The van der Waals surface area contributed by atoms with E-state index in [4.69, 9.17) is 4.74 Å². The third-order valence-electron chi connectivity index (χ3n) is 6.97. The Morgan fingerprint density at radius 3 is 2.54 bits per heavy atom. The number of rotatable bonds is 3. The summed E-state index contributed by atoms with van der Waals surface area (Å²) in [5, 5.41) is 5.64. The Balaban J connectivity index is 1.51. The Morgan fingerprint density at radius 1 is 1.03 bits per heavy atom. The molecule has 4 rings (SSSR count). The van der Waals surface area contributed by atoms with Gasteiger partial charge in [-0.3, -0.25) is 14.4 Å². The van der Waals surface area contributed by atoms with E-state index in [9.17, 15) is 23.6 Å². The lowest BCUT2D eigenvalue weighted by atomic mass is 9.87. The number of nitrogens with zero attached hydrogens (tertiary/aromatic N) is 1. The van der Waals surface area contributed by atoms with Crippen molar-refractivity contribution in [1.82, 2.24) is 15.5 Å². The number of hydrogen-bond acceptors (Lipinski definition) is 5. The maximum absolute atomic E-state index is 13.7. The van der Waals surface area contributed by atoms with Crippen molar-refractivity contribution in [3.05, 3.63) is 35.1 Å². The van der Waals surface area contributed by atoms with Crippen LogP contribution in [0.25, 0.3) is 0 Å². The Hall–Kier alpha value is -2.97. The van der Waals surface area contributed by atoms with Gasteiger partial charge in [-0.1, -0.05) is 6.07 Å². The van der Waals surface area contributed by atoms with Gasteiger partial charge in [-0.2, -0.15) is 0 Å². The van der Waals surface area contributed by atoms with Crippen molar-refractivity contribution >= 4 is 23.7 Å². The minimum Gasteiger partial charge on any atom is -0.444 e. The van der Waals surface area contributed by atoms with Crippen molar-refractivity contribution < 1.29 is 28.3 Å². The summed E-state index contributed by atoms with van der Waals surface area (Å²) in [4.78, 5) is 53.3. The molecular weight excluding hydrogens is 453 g/mol. The number of carbonyl (C=O) groups excluding carboxylic acids is 4. The van der Waals surface area contributed by atoms with Crippen molar-refractivity contribution in [3.63, 3.8) is 0 Å². The first-order valence-corrected chi connectivity index (χ1v) is 12.4. The van der Waals surface area contributed by atoms with Crippen molar-refractivity contribution in [2.75, 3.05) is 0 Å². The number of fused-ring (bicyclic) bond motifs is 2. The first-order chi connectivity index (χ1) is 16.5. The summed E-state index contributed by atoms with van der Waals surface area (Å²) in [5.41, 5.74) is 1.05. The number of nitrogens with one attached hydrogen (secondary N) is 2. The Bertz CT molecular complexity index is 1020. The summed E-state index contributed by atoms with van der Waals surface area (Å²) in [6.45, 7) is 5.14. The number of aryl methyl sites for hydroxylation is 1. The lowest BCUT2D eigenvalue weighted by molar-refractivity contribution is -0.144. The highest BCUT2D eigenvalue weighted by molar-refractivity contribution is 5.96. The predicted octanol–water partition coefficient (Wildman–Crippen LogP) is 3.33. The SMILES string of the molecule is CC(C)(C)OC(=O)N[C@H]1CC(=O)CC[C@H]2CC[C@@H](C(=O)N[C@@H]3CCCc4cc(F)ccc43)N2C1=O. The second kappa shape index (κ2) is 9.95. The molecule has 2 fully saturated rings. The van der Waals surface area contributed by atoms with Crippen LogP contribution in [0.1, 0.15) is 82.9 Å². The van der Waals surface area contributed by atoms with Gasteiger partial charge in [-0.25, -0.2) is 9.18 Å². The summed E-state index contributed by atoms with van der Waals surface area (Å²) >= 11 is 0. The number of halogens is 1. The summed E-state index contributed by atoms with van der Waals surface area (Å²) in [5.74, 6) is -1.08. The topological polar surface area (TPSA) is 105 Å². The van der Waals surface area contributed by atoms with Crippen molar-refractivity contribution in [2.24, 2.45) is 0 Å². The van der Waals surface area contributed by atoms with Crippen LogP contribution in [-0.4, -0.2) is 52.3 Å². The van der Waals surface area contributed by atoms with Gasteiger partial charge >= 0.3 is 6.09 Å². The molecule has 9 heteroatoms. The van der Waals surface area contributed by atoms with E-state index in [1.54, 1.807) is 31.7 Å². The quantitative estimate of drug-likeness (QED) is 0.681. The number of ketones is 1. The van der Waals surface area contributed by atoms with Gasteiger partial charge in [0.1, 0.15) is 29.3 Å². The van der Waals surface area contributed by atoms with Crippen LogP contribution in [0.5, 0.6) is 0 Å². The number of hydrogen-bond donors (Lipinski definition) is 2. The Labute approximate surface area is 204 Å². The Kier molecular flexibility index (Phi) is 7.15. The lowest BCUT2D eigenvalue weighted by Gasteiger charge is -2.36. The fourth-order valence-corrected chi connectivity index (χ4v) is 5.45. The zero-order valence-corrected chi connectivity index (χ0v) is 20.6. The van der Waals surface area contributed by atoms with Crippen LogP contribution in [0.4, 0.5) is 9.18 Å². The molecule has 0 saturated carbocycles. The molecule has 1 aromatic carbocycles. The molecule has 3 amide bonds. The van der Waals surface area contributed by atoms with Crippen LogP contribution in [-0.2, 0) is 25.5 Å². The van der Waals surface area contributed by atoms with Crippen molar-refractivity contribution in [3.8, 4) is 0 Å². The normalized spacial score (nSPS) is 26.8. The van der Waals surface area contributed by atoms with E-state index in [1.807, 2.05) is 0 Å². The van der Waals surface area contributed by atoms with E-state index in [0.29, 0.717) is 19.3 Å². The van der Waals surface area contributed by atoms with Crippen LogP contribution >= 0.6 is 0 Å². The van der Waals surface area contributed by atoms with Gasteiger partial charge in [0.25, 0.3) is 0 Å². The van der Waals surface area contributed by atoms with Gasteiger partial charge in [-0.15, -0.1) is 0 Å². The summed E-state index contributed by atoms with van der Waals surface area (Å²) < 4.78 is 19.0. The molecule has 2 N–H and O–H groups in total. The van der Waals surface area contributed by atoms with E-state index in [2.05, 4.69) is 10.6 Å². The molecule has 2 heterocycles. The maximum atomic E-state index is 13.7. The molecule has 0 bridgehead atoms. The number of Topliss-reactive ketones (excluding diaryl/α,β-unsaturated/α-hetero) is 1. The highest BCUT2D eigenvalue weighted by Gasteiger charge is 2.45. The number of alkyl carbamates (subject to hydrolysis) is 1. The second-order valence-electron chi connectivity index (χ2n) is 10.8. The number of ether oxygens (including phenoxy) is 1. The van der Waals surface area contributed by atoms with Crippen LogP contribution in [0.3, 0.4) is 0 Å². The molecule has 2 saturated heterocycles. The average molecular weight is 488 g/mol. The molecule has 35 heavy (non-hydrogen) atoms. The van der Waals surface area contributed by atoms with E-state index in [0.717, 1.165) is 30.4 Å². The molecule has 190 valence electrons. The van der Waals surface area contributed by atoms with Gasteiger partial charge in [0.2, 0.25) is 11.8 Å². The van der Waals surface area contributed by atoms with Gasteiger partial charge in [0, 0.05) is 18.9 Å². The van der Waals surface area contributed by atoms with E-state index in [-0.39, 0.29) is 42.4 Å². The fourth-order valence-electron chi connectivity index (χ4n) is 5.45. The molecule has 3 aliphatic rings. The first-order valence-electron chi connectivity index (χ1n) is 12.4. The van der Waals surface area contributed by atoms with E-state index < -0.39 is 29.7 Å². The second-order valence-corrected chi connectivity index (χ2v) is 10.8. The van der Waals surface area contributed by atoms with Crippen molar-refractivity contribution in [2.45, 2.75) is 102 Å². The molecule has 1 aromatic rings. The van der Waals surface area contributed by atoms with Crippen LogP contribution in [0.2, 0.25) is 0 Å². The van der Waals surface area contributed by atoms with E-state index >= 15 is 0 Å². The minimum absolute atomic E-state index is 0.0991. The number of amides is 3. The largest absolute Gasteiger partial charge is 0.444 e. The smallest absolute Gasteiger partial charge is 0.408 e. The van der Waals surface area contributed by atoms with Gasteiger partial charge in [0.05, 0.1) is 6.04 Å². The molecular formula is C26H34FN3O5. The standard InChI is InChI=1S/C26H34FN3O5/c1-26(2,3)35-25(34)29-21-14-18(31)10-8-17-9-12-22(30(17)24(21)33)23(32)28-20-6-4-5-15-13-16(27)7-11-19(15)20/h7,11,13,17,20-22H,4-6,8-10,12,14H2,1-3H3,(H,28,32)(H,29,34)/t17-,20+,21-,22-/m0/s1. The van der Waals surface area contributed by atoms with Gasteiger partial charge < -0.3 is 20.3 Å². The monoisotopic (exact) mass is 487 g/mol. The zero-order valence-electron chi connectivity index (χ0n) is 20.6. The molecule has 1 aliphatic carbocycles. The fraction of sp³-hybridized carbons (Fsp3) is 0.615. The molecule has 0 spiro atoms. The third kappa shape index (κ3) is 5.82. The highest BCUT2D eigenvalue weighted by Crippen LogP contribution is 2.33. The molecule has 4 atom stereocenters. The van der Waals surface area contributed by atoms with Crippen LogP contribution in [0.15, 0.2) is 18.2 Å². The van der Waals surface area contributed by atoms with Crippen LogP contribution in [0, 0.1) is 5.82 Å². The van der Waals surface area contributed by atoms with Crippen LogP contribution < -0.4 is 10.6 Å². The van der Waals surface area contributed by atoms with E-state index in [1.165, 1.54) is 12.1 Å². The lowest BCUT2D eigenvalue weighted by Crippen LogP contribution is -2.57. The summed E-state index contributed by atoms with van der Waals surface area (Å²) in [6, 6.07) is 2.40. The first kappa shape index (κ1) is 25.1. The molecule has 2 aliphatic heterocycles. The number of carbonyl (C=O) groups is 4. The predicted molar refractivity (Wildman–Crippen MR) is 126 cm³/mol. The molecule has 0 unspecified atom stereocenters. The molecule has 0 radical (unpaired) electrons. The zero-order chi connectivity index (χ0) is 25.3. The van der Waals surface area contributed by atoms with Gasteiger partial charge in [0.15, 0.2) is 0 Å². The minimum atomic E-state index is -1.08. The van der Waals surface area contributed by atoms with Gasteiger partial charge in [-0.05, 0) is 82.6 Å². The van der Waals surface area contributed by atoms with Crippen molar-refractivity contribution in [1.29, 1.82) is 0 Å². The molecule has 0 aromatic heterocycles. The third-order valence-corrected chi connectivity index (χ3v) is 6.97. The Morgan fingerprint density at radius 2 is 1.80 bits per heavy atom. The number of benzene rings is 1. The maximum Gasteiger partial charge on any atom is 0.408 e. The summed E-state index contributed by atoms with van der Waals surface area (Å²) in [7, 11) is 0. The average Bonchev–Trinajstić information content (AvgIpc) is 3.18.